The van der Waals surface area contributed by atoms with Crippen LogP contribution in [0, 0.1) is 0 Å². The fourth-order valence-electron chi connectivity index (χ4n) is 3.81. The number of carboxylic acids is 1. The number of aromatic nitrogens is 1. The maximum atomic E-state index is 11.9. The molecule has 0 aliphatic carbocycles. The second-order valence-corrected chi connectivity index (χ2v) is 9.22. The highest BCUT2D eigenvalue weighted by molar-refractivity contribution is 6.35. The molecule has 1 unspecified atom stereocenters. The molecule has 0 saturated heterocycles. The van der Waals surface area contributed by atoms with E-state index in [2.05, 4.69) is 10.3 Å². The molecule has 4 rings (SSSR count). The van der Waals surface area contributed by atoms with Crippen molar-refractivity contribution < 1.29 is 19.4 Å². The molecule has 6 nitrogen and oxygen atoms in total. The van der Waals surface area contributed by atoms with E-state index < -0.39 is 12.0 Å². The Labute approximate surface area is 217 Å². The molecule has 1 heterocycles. The first-order valence-corrected chi connectivity index (χ1v) is 11.9. The number of rotatable bonds is 10. The smallest absolute Gasteiger partial charge is 0.321 e. The predicted octanol–water partition coefficient (Wildman–Crippen LogP) is 6.50. The average molecular weight is 534 g/mol. The van der Waals surface area contributed by atoms with Crippen molar-refractivity contribution >= 4 is 51.7 Å². The van der Waals surface area contributed by atoms with E-state index >= 15 is 0 Å². The molecule has 0 aliphatic heterocycles. The molecule has 182 valence electrons. The van der Waals surface area contributed by atoms with Crippen LogP contribution in [-0.2, 0) is 24.4 Å². The number of aromatic amines is 1. The van der Waals surface area contributed by atoms with Crippen molar-refractivity contribution in [1.82, 2.24) is 10.3 Å². The van der Waals surface area contributed by atoms with Gasteiger partial charge >= 0.3 is 5.97 Å². The van der Waals surface area contributed by atoms with Crippen molar-refractivity contribution in [3.63, 3.8) is 0 Å². The summed E-state index contributed by atoms with van der Waals surface area (Å²) in [4.78, 5) is 15.1. The van der Waals surface area contributed by atoms with Gasteiger partial charge in [0.15, 0.2) is 11.5 Å². The Balaban J connectivity index is 1.46. The zero-order chi connectivity index (χ0) is 24.9. The summed E-state index contributed by atoms with van der Waals surface area (Å²) >= 11 is 18.7. The van der Waals surface area contributed by atoms with Gasteiger partial charge in [-0.25, -0.2) is 0 Å². The molecule has 0 amide bonds. The monoisotopic (exact) mass is 532 g/mol. The van der Waals surface area contributed by atoms with Crippen molar-refractivity contribution in [2.45, 2.75) is 25.6 Å². The lowest BCUT2D eigenvalue weighted by Gasteiger charge is -2.17. The van der Waals surface area contributed by atoms with Gasteiger partial charge < -0.3 is 24.9 Å². The van der Waals surface area contributed by atoms with E-state index in [1.54, 1.807) is 30.3 Å². The van der Waals surface area contributed by atoms with Gasteiger partial charge in [0.25, 0.3) is 0 Å². The summed E-state index contributed by atoms with van der Waals surface area (Å²) in [5.74, 6) is -0.131. The molecule has 3 N–H and O–H groups in total. The lowest BCUT2D eigenvalue weighted by molar-refractivity contribution is -0.139. The highest BCUT2D eigenvalue weighted by Gasteiger charge is 2.20. The van der Waals surface area contributed by atoms with E-state index in [1.165, 1.54) is 7.11 Å². The number of hydrogen-bond donors (Lipinski definition) is 3. The third-order valence-electron chi connectivity index (χ3n) is 5.63. The van der Waals surface area contributed by atoms with Crippen LogP contribution in [0.4, 0.5) is 0 Å². The Morgan fingerprint density at radius 3 is 2.60 bits per heavy atom. The van der Waals surface area contributed by atoms with Gasteiger partial charge in [0.05, 0.1) is 12.1 Å². The standard InChI is InChI=1S/C26H23Cl3N2O4/c1-34-24-9-15(8-21(29)25(24)35-14-16-6-7-18(27)11-20(16)28)12-30-23(26(32)33)10-17-13-31-22-5-3-2-4-19(17)22/h2-9,11,13,23,30-31H,10,12,14H2,1H3,(H,32,33). The normalized spacial score (nSPS) is 12.0. The summed E-state index contributed by atoms with van der Waals surface area (Å²) in [6, 6.07) is 15.7. The second-order valence-electron chi connectivity index (χ2n) is 7.97. The molecule has 9 heteroatoms. The van der Waals surface area contributed by atoms with Gasteiger partial charge in [0, 0.05) is 45.7 Å². The van der Waals surface area contributed by atoms with E-state index in [1.807, 2.05) is 30.5 Å². The Bertz CT molecular complexity index is 1360. The number of benzene rings is 3. The summed E-state index contributed by atoms with van der Waals surface area (Å²) in [7, 11) is 1.52. The molecule has 4 aromatic rings. The topological polar surface area (TPSA) is 83.6 Å². The Morgan fingerprint density at radius 1 is 1.06 bits per heavy atom. The minimum atomic E-state index is -0.937. The largest absolute Gasteiger partial charge is 0.493 e. The van der Waals surface area contributed by atoms with Gasteiger partial charge in [-0.3, -0.25) is 4.79 Å². The molecule has 0 aliphatic rings. The molecule has 1 atom stereocenters. The van der Waals surface area contributed by atoms with Crippen molar-refractivity contribution in [2.75, 3.05) is 7.11 Å². The van der Waals surface area contributed by atoms with Crippen LogP contribution < -0.4 is 14.8 Å². The predicted molar refractivity (Wildman–Crippen MR) is 139 cm³/mol. The molecule has 35 heavy (non-hydrogen) atoms. The maximum absolute atomic E-state index is 11.9. The van der Waals surface area contributed by atoms with Gasteiger partial charge in [-0.05, 0) is 41.5 Å². The highest BCUT2D eigenvalue weighted by Crippen LogP contribution is 2.37. The number of fused-ring (bicyclic) bond motifs is 1. The number of carboxylic acid groups (broad SMARTS) is 1. The Morgan fingerprint density at radius 2 is 1.86 bits per heavy atom. The zero-order valence-electron chi connectivity index (χ0n) is 18.8. The number of hydrogen-bond acceptors (Lipinski definition) is 4. The summed E-state index contributed by atoms with van der Waals surface area (Å²) < 4.78 is 11.4. The van der Waals surface area contributed by atoms with E-state index in [4.69, 9.17) is 44.3 Å². The summed E-state index contributed by atoms with van der Waals surface area (Å²) in [5.41, 5.74) is 3.41. The quantitative estimate of drug-likeness (QED) is 0.217. The lowest BCUT2D eigenvalue weighted by Crippen LogP contribution is -2.38. The third-order valence-corrected chi connectivity index (χ3v) is 6.49. The Kier molecular flexibility index (Phi) is 8.08. The molecular weight excluding hydrogens is 511 g/mol. The van der Waals surface area contributed by atoms with Crippen molar-refractivity contribution in [3.8, 4) is 11.5 Å². The van der Waals surface area contributed by atoms with Crippen LogP contribution in [0.5, 0.6) is 11.5 Å². The molecule has 0 fully saturated rings. The van der Waals surface area contributed by atoms with Crippen LogP contribution in [0.3, 0.4) is 0 Å². The van der Waals surface area contributed by atoms with Crippen LogP contribution in [0.2, 0.25) is 15.1 Å². The number of methoxy groups -OCH3 is 1. The molecule has 0 radical (unpaired) electrons. The fourth-order valence-corrected chi connectivity index (χ4v) is 4.56. The summed E-state index contributed by atoms with van der Waals surface area (Å²) in [5, 5.41) is 15.3. The number of halogens is 3. The number of carbonyl (C=O) groups is 1. The van der Waals surface area contributed by atoms with Crippen molar-refractivity contribution in [2.24, 2.45) is 0 Å². The van der Waals surface area contributed by atoms with E-state index in [-0.39, 0.29) is 13.2 Å². The SMILES string of the molecule is COc1cc(CNC(Cc2c[nH]c3ccccc23)C(=O)O)cc(Cl)c1OCc1ccc(Cl)cc1Cl. The number of nitrogens with one attached hydrogen (secondary N) is 2. The highest BCUT2D eigenvalue weighted by atomic mass is 35.5. The number of ether oxygens (including phenoxy) is 2. The summed E-state index contributed by atoms with van der Waals surface area (Å²) in [6.45, 7) is 0.452. The molecule has 1 aromatic heterocycles. The zero-order valence-corrected chi connectivity index (χ0v) is 21.0. The second kappa shape index (κ2) is 11.2. The van der Waals surface area contributed by atoms with Gasteiger partial charge in [-0.2, -0.15) is 0 Å². The molecule has 0 spiro atoms. The third kappa shape index (κ3) is 6.03. The first-order valence-electron chi connectivity index (χ1n) is 10.8. The molecule has 0 saturated carbocycles. The molecule has 0 bridgehead atoms. The first kappa shape index (κ1) is 25.2. The van der Waals surface area contributed by atoms with Crippen LogP contribution in [0.15, 0.2) is 60.8 Å². The maximum Gasteiger partial charge on any atom is 0.321 e. The Hall–Kier alpha value is -2.90. The average Bonchev–Trinajstić information content (AvgIpc) is 3.24. The fraction of sp³-hybridized carbons (Fsp3) is 0.192. The van der Waals surface area contributed by atoms with Gasteiger partial charge in [-0.15, -0.1) is 0 Å². The van der Waals surface area contributed by atoms with Crippen molar-refractivity contribution in [1.29, 1.82) is 0 Å². The number of H-pyrrole nitrogens is 1. The van der Waals surface area contributed by atoms with Gasteiger partial charge in [0.1, 0.15) is 12.6 Å². The molecule has 3 aromatic carbocycles. The van der Waals surface area contributed by atoms with E-state index in [0.29, 0.717) is 33.0 Å². The van der Waals surface area contributed by atoms with Crippen molar-refractivity contribution in [3.05, 3.63) is 92.6 Å². The minimum Gasteiger partial charge on any atom is -0.493 e. The van der Waals surface area contributed by atoms with Gasteiger partial charge in [-0.1, -0.05) is 59.1 Å². The van der Waals surface area contributed by atoms with Crippen LogP contribution >= 0.6 is 34.8 Å². The lowest BCUT2D eigenvalue weighted by atomic mass is 10.0. The first-order chi connectivity index (χ1) is 16.9. The summed E-state index contributed by atoms with van der Waals surface area (Å²) in [6.07, 6.45) is 2.18. The van der Waals surface area contributed by atoms with Crippen LogP contribution in [-0.4, -0.2) is 29.2 Å². The number of para-hydroxylation sites is 1. The van der Waals surface area contributed by atoms with E-state index in [9.17, 15) is 9.90 Å². The number of aliphatic carboxylic acids is 1. The van der Waals surface area contributed by atoms with Gasteiger partial charge in [0.2, 0.25) is 0 Å². The van der Waals surface area contributed by atoms with E-state index in [0.717, 1.165) is 27.6 Å². The minimum absolute atomic E-state index is 0.176. The van der Waals surface area contributed by atoms with Crippen LogP contribution in [0.25, 0.3) is 10.9 Å². The van der Waals surface area contributed by atoms with Crippen LogP contribution in [0.1, 0.15) is 16.7 Å². The molecular formula is C26H23Cl3N2O4.